The largest absolute Gasteiger partial charge is 0.338 e. The Morgan fingerprint density at radius 3 is 2.42 bits per heavy atom. The van der Waals surface area contributed by atoms with Gasteiger partial charge in [0.05, 0.1) is 10.9 Å². The monoisotopic (exact) mass is 422 g/mol. The van der Waals surface area contributed by atoms with Crippen LogP contribution in [0.3, 0.4) is 0 Å². The van der Waals surface area contributed by atoms with Gasteiger partial charge in [0.25, 0.3) is 11.5 Å². The third kappa shape index (κ3) is 3.52. The highest BCUT2D eigenvalue weighted by atomic mass is 19.1. The minimum Gasteiger partial charge on any atom is -0.338 e. The summed E-state index contributed by atoms with van der Waals surface area (Å²) in [5.74, 6) is -0.344. The molecule has 1 aromatic carbocycles. The van der Waals surface area contributed by atoms with Gasteiger partial charge in [-0.3, -0.25) is 18.7 Å². The lowest BCUT2D eigenvalue weighted by Crippen LogP contribution is -2.37. The number of carbonyl (C=O) groups excluding carboxylic acids is 1. The molecule has 3 heterocycles. The zero-order chi connectivity index (χ0) is 22.3. The first-order chi connectivity index (χ1) is 14.8. The van der Waals surface area contributed by atoms with Crippen LogP contribution < -0.4 is 16.6 Å². The standard InChI is InChI=1S/C21H19FN6O3/c1-26-9-8-23-18(26)16(12-4-6-14(22)7-5-12)25-19(29)13-10-15-17(24-11-13)27(2)21(31)28(3)20(15)30/h4-11,16H,1-3H3,(H,25,29)/t16-/m0/s1. The lowest BCUT2D eigenvalue weighted by Gasteiger charge is -2.19. The van der Waals surface area contributed by atoms with E-state index in [0.717, 1.165) is 4.57 Å². The molecule has 0 saturated heterocycles. The van der Waals surface area contributed by atoms with Crippen molar-refractivity contribution in [1.82, 2.24) is 29.0 Å². The van der Waals surface area contributed by atoms with Crippen molar-refractivity contribution in [2.75, 3.05) is 0 Å². The molecule has 0 bridgehead atoms. The zero-order valence-corrected chi connectivity index (χ0v) is 17.0. The second kappa shape index (κ2) is 7.63. The van der Waals surface area contributed by atoms with Crippen molar-refractivity contribution in [2.45, 2.75) is 6.04 Å². The van der Waals surface area contributed by atoms with E-state index in [4.69, 9.17) is 0 Å². The minimum atomic E-state index is -0.660. The molecule has 0 spiro atoms. The Labute approximate surface area is 175 Å². The van der Waals surface area contributed by atoms with E-state index in [1.807, 2.05) is 0 Å². The molecule has 0 aliphatic rings. The van der Waals surface area contributed by atoms with E-state index in [9.17, 15) is 18.8 Å². The number of pyridine rings is 1. The summed E-state index contributed by atoms with van der Waals surface area (Å²) in [6.07, 6.45) is 4.64. The number of amides is 1. The normalized spacial score (nSPS) is 12.1. The molecule has 0 unspecified atom stereocenters. The van der Waals surface area contributed by atoms with Crippen molar-refractivity contribution >= 4 is 16.9 Å². The molecule has 1 N–H and O–H groups in total. The summed E-state index contributed by atoms with van der Waals surface area (Å²) < 4.78 is 17.4. The van der Waals surface area contributed by atoms with E-state index in [0.29, 0.717) is 11.4 Å². The number of nitrogens with zero attached hydrogens (tertiary/aromatic N) is 5. The van der Waals surface area contributed by atoms with Crippen molar-refractivity contribution < 1.29 is 9.18 Å². The fraction of sp³-hybridized carbons (Fsp3) is 0.190. The molecular formula is C21H19FN6O3. The van der Waals surface area contributed by atoms with Gasteiger partial charge in [-0.25, -0.2) is 19.2 Å². The number of hydrogen-bond donors (Lipinski definition) is 1. The molecule has 4 aromatic rings. The van der Waals surface area contributed by atoms with Crippen LogP contribution in [0.4, 0.5) is 4.39 Å². The molecule has 0 fully saturated rings. The first-order valence-electron chi connectivity index (χ1n) is 9.37. The summed E-state index contributed by atoms with van der Waals surface area (Å²) in [4.78, 5) is 46.1. The molecule has 3 aromatic heterocycles. The second-order valence-corrected chi connectivity index (χ2v) is 7.16. The quantitative estimate of drug-likeness (QED) is 0.529. The number of benzene rings is 1. The molecular weight excluding hydrogens is 403 g/mol. The average Bonchev–Trinajstić information content (AvgIpc) is 3.20. The topological polar surface area (TPSA) is 104 Å². The van der Waals surface area contributed by atoms with Gasteiger partial charge in [0.2, 0.25) is 0 Å². The highest BCUT2D eigenvalue weighted by molar-refractivity contribution is 5.97. The number of fused-ring (bicyclic) bond motifs is 1. The Hall–Kier alpha value is -4.08. The van der Waals surface area contributed by atoms with E-state index in [1.54, 1.807) is 36.1 Å². The van der Waals surface area contributed by atoms with Crippen LogP contribution in [0.2, 0.25) is 0 Å². The number of halogens is 1. The van der Waals surface area contributed by atoms with Gasteiger partial charge in [-0.15, -0.1) is 0 Å². The van der Waals surface area contributed by atoms with Gasteiger partial charge in [-0.2, -0.15) is 0 Å². The minimum absolute atomic E-state index is 0.143. The van der Waals surface area contributed by atoms with Crippen molar-refractivity contribution in [1.29, 1.82) is 0 Å². The van der Waals surface area contributed by atoms with Gasteiger partial charge >= 0.3 is 5.69 Å². The van der Waals surface area contributed by atoms with Crippen molar-refractivity contribution in [3.05, 3.63) is 92.5 Å². The number of imidazole rings is 1. The molecule has 10 heteroatoms. The van der Waals surface area contributed by atoms with Crippen molar-refractivity contribution in [3.8, 4) is 0 Å². The van der Waals surface area contributed by atoms with Crippen LogP contribution in [0.25, 0.3) is 11.0 Å². The van der Waals surface area contributed by atoms with E-state index >= 15 is 0 Å². The number of aromatic nitrogens is 5. The molecule has 4 rings (SSSR count). The number of rotatable bonds is 4. The molecule has 9 nitrogen and oxygen atoms in total. The van der Waals surface area contributed by atoms with Crippen LogP contribution in [-0.2, 0) is 21.1 Å². The lowest BCUT2D eigenvalue weighted by molar-refractivity contribution is 0.0941. The summed E-state index contributed by atoms with van der Waals surface area (Å²) in [6, 6.07) is 6.49. The van der Waals surface area contributed by atoms with E-state index < -0.39 is 29.0 Å². The Morgan fingerprint density at radius 2 is 1.77 bits per heavy atom. The molecule has 1 amide bonds. The molecule has 0 radical (unpaired) electrons. The van der Waals surface area contributed by atoms with Crippen LogP contribution in [0, 0.1) is 5.82 Å². The van der Waals surface area contributed by atoms with Gasteiger partial charge < -0.3 is 9.88 Å². The van der Waals surface area contributed by atoms with Gasteiger partial charge in [0, 0.05) is 39.7 Å². The summed E-state index contributed by atoms with van der Waals surface area (Å²) in [5, 5.41) is 3.02. The van der Waals surface area contributed by atoms with E-state index in [-0.39, 0.29) is 16.6 Å². The fourth-order valence-electron chi connectivity index (χ4n) is 3.41. The van der Waals surface area contributed by atoms with Gasteiger partial charge in [-0.05, 0) is 23.8 Å². The highest BCUT2D eigenvalue weighted by Crippen LogP contribution is 2.21. The second-order valence-electron chi connectivity index (χ2n) is 7.16. The predicted molar refractivity (Wildman–Crippen MR) is 111 cm³/mol. The number of carbonyl (C=O) groups is 1. The van der Waals surface area contributed by atoms with Gasteiger partial charge in [0.1, 0.15) is 23.3 Å². The predicted octanol–water partition coefficient (Wildman–Crippen LogP) is 1.02. The Balaban J connectivity index is 1.76. The van der Waals surface area contributed by atoms with Crippen molar-refractivity contribution in [2.24, 2.45) is 21.1 Å². The summed E-state index contributed by atoms with van der Waals surface area (Å²) >= 11 is 0. The van der Waals surface area contributed by atoms with Crippen LogP contribution in [-0.4, -0.2) is 29.6 Å². The molecule has 0 aliphatic carbocycles. The Morgan fingerprint density at radius 1 is 1.06 bits per heavy atom. The first-order valence-corrected chi connectivity index (χ1v) is 9.37. The summed E-state index contributed by atoms with van der Waals surface area (Å²) in [7, 11) is 4.65. The highest BCUT2D eigenvalue weighted by Gasteiger charge is 2.22. The summed E-state index contributed by atoms with van der Waals surface area (Å²) in [6.45, 7) is 0. The molecule has 0 saturated carbocycles. The smallest absolute Gasteiger partial charge is 0.332 e. The molecule has 1 atom stereocenters. The van der Waals surface area contributed by atoms with Crippen LogP contribution in [0.5, 0.6) is 0 Å². The van der Waals surface area contributed by atoms with E-state index in [2.05, 4.69) is 15.3 Å². The fourth-order valence-corrected chi connectivity index (χ4v) is 3.41. The van der Waals surface area contributed by atoms with Crippen LogP contribution in [0.15, 0.2) is 58.5 Å². The third-order valence-corrected chi connectivity index (χ3v) is 5.15. The van der Waals surface area contributed by atoms with Gasteiger partial charge in [-0.1, -0.05) is 12.1 Å². The van der Waals surface area contributed by atoms with Crippen LogP contribution in [0.1, 0.15) is 27.8 Å². The summed E-state index contributed by atoms with van der Waals surface area (Å²) in [5.41, 5.74) is -0.0858. The lowest BCUT2D eigenvalue weighted by atomic mass is 10.1. The Kier molecular flexibility index (Phi) is 4.97. The molecule has 158 valence electrons. The number of aryl methyl sites for hydroxylation is 2. The Bertz CT molecular complexity index is 1420. The maximum Gasteiger partial charge on any atom is 0.332 e. The third-order valence-electron chi connectivity index (χ3n) is 5.15. The molecule has 31 heavy (non-hydrogen) atoms. The SMILES string of the molecule is Cn1ccnc1[C@@H](NC(=O)c1cnc2c(c1)c(=O)n(C)c(=O)n2C)c1ccc(F)cc1. The van der Waals surface area contributed by atoms with Crippen molar-refractivity contribution in [3.63, 3.8) is 0 Å². The van der Waals surface area contributed by atoms with Gasteiger partial charge in [0.15, 0.2) is 0 Å². The molecule has 0 aliphatic heterocycles. The average molecular weight is 422 g/mol. The maximum absolute atomic E-state index is 13.4. The van der Waals surface area contributed by atoms with Crippen LogP contribution >= 0.6 is 0 Å². The number of hydrogen-bond acceptors (Lipinski definition) is 5. The first kappa shape index (κ1) is 20.2. The zero-order valence-electron chi connectivity index (χ0n) is 17.0. The maximum atomic E-state index is 13.4. The number of nitrogens with one attached hydrogen (secondary N) is 1. The van der Waals surface area contributed by atoms with E-state index in [1.165, 1.54) is 43.1 Å².